The van der Waals surface area contributed by atoms with E-state index < -0.39 is 24.3 Å². The molecule has 2 aromatic rings. The number of carboxylic acids is 1. The molecule has 4 rings (SSSR count). The molecule has 9 heteroatoms. The van der Waals surface area contributed by atoms with Gasteiger partial charge in [0.25, 0.3) is 5.91 Å². The molecule has 2 N–H and O–H groups in total. The van der Waals surface area contributed by atoms with Gasteiger partial charge in [0, 0.05) is 12.6 Å². The number of ether oxygens (including phenoxy) is 2. The Balaban J connectivity index is 1.69. The molecule has 36 heavy (non-hydrogen) atoms. The monoisotopic (exact) mass is 494 g/mol. The van der Waals surface area contributed by atoms with Crippen molar-refractivity contribution in [3.63, 3.8) is 0 Å². The lowest BCUT2D eigenvalue weighted by Gasteiger charge is -2.38. The molecule has 0 bridgehead atoms. The van der Waals surface area contributed by atoms with Crippen LogP contribution in [0.15, 0.2) is 49.1 Å². The number of hydrogen-bond donors (Lipinski definition) is 2. The first-order chi connectivity index (χ1) is 17.3. The van der Waals surface area contributed by atoms with Crippen LogP contribution >= 0.6 is 0 Å². The van der Waals surface area contributed by atoms with E-state index in [-0.39, 0.29) is 31.2 Å². The predicted octanol–water partition coefficient (Wildman–Crippen LogP) is 3.66. The lowest BCUT2D eigenvalue weighted by atomic mass is 10.00. The van der Waals surface area contributed by atoms with Gasteiger partial charge in [-0.25, -0.2) is 9.69 Å². The number of aryl methyl sites for hydroxylation is 1. The molecule has 2 amide bonds. The van der Waals surface area contributed by atoms with Gasteiger partial charge in [0.05, 0.1) is 23.7 Å². The number of aliphatic hydroxyl groups is 1. The molecular formula is C27H30N2O7. The summed E-state index contributed by atoms with van der Waals surface area (Å²) in [7, 11) is 0. The van der Waals surface area contributed by atoms with Gasteiger partial charge in [-0.05, 0) is 48.9 Å². The van der Waals surface area contributed by atoms with Crippen molar-refractivity contribution in [3.05, 3.63) is 71.3 Å². The zero-order valence-corrected chi connectivity index (χ0v) is 20.2. The number of piperidine rings is 1. The average Bonchev–Trinajstić information content (AvgIpc) is 2.94. The molecule has 2 heterocycles. The van der Waals surface area contributed by atoms with E-state index in [2.05, 4.69) is 6.58 Å². The molecule has 0 radical (unpaired) electrons. The number of nitrogens with zero attached hydrogens (tertiary/aromatic N) is 2. The average molecular weight is 495 g/mol. The fourth-order valence-corrected chi connectivity index (χ4v) is 4.76. The lowest BCUT2D eigenvalue weighted by molar-refractivity contribution is -0.136. The highest BCUT2D eigenvalue weighted by molar-refractivity contribution is 6.05. The number of anilines is 1. The van der Waals surface area contributed by atoms with Gasteiger partial charge in [-0.1, -0.05) is 36.9 Å². The van der Waals surface area contributed by atoms with E-state index in [1.807, 2.05) is 6.07 Å². The van der Waals surface area contributed by atoms with Crippen molar-refractivity contribution in [2.24, 2.45) is 0 Å². The van der Waals surface area contributed by atoms with Gasteiger partial charge in [0.2, 0.25) is 0 Å². The van der Waals surface area contributed by atoms with Crippen molar-refractivity contribution in [1.29, 1.82) is 0 Å². The molecule has 1 fully saturated rings. The number of carbonyl (C=O) groups is 3. The number of carbonyl (C=O) groups excluding carboxylic acids is 2. The van der Waals surface area contributed by atoms with Gasteiger partial charge in [-0.3, -0.25) is 9.59 Å². The minimum absolute atomic E-state index is 0.0401. The Hall–Kier alpha value is -3.85. The van der Waals surface area contributed by atoms with Gasteiger partial charge < -0.3 is 24.6 Å². The second-order valence-corrected chi connectivity index (χ2v) is 9.02. The molecule has 2 atom stereocenters. The number of fused-ring (bicyclic) bond motifs is 2. The maximum absolute atomic E-state index is 13.5. The highest BCUT2D eigenvalue weighted by atomic mass is 16.6. The zero-order valence-electron chi connectivity index (χ0n) is 20.2. The van der Waals surface area contributed by atoms with Crippen molar-refractivity contribution >= 4 is 23.7 Å². The van der Waals surface area contributed by atoms with Gasteiger partial charge >= 0.3 is 12.1 Å². The quantitative estimate of drug-likeness (QED) is 0.564. The Morgan fingerprint density at radius 3 is 2.72 bits per heavy atom. The van der Waals surface area contributed by atoms with Crippen LogP contribution in [0.3, 0.4) is 0 Å². The van der Waals surface area contributed by atoms with Crippen molar-refractivity contribution in [2.45, 2.75) is 51.5 Å². The van der Waals surface area contributed by atoms with Crippen LogP contribution in [0.5, 0.6) is 5.75 Å². The van der Waals surface area contributed by atoms with E-state index in [1.54, 1.807) is 42.2 Å². The maximum Gasteiger partial charge on any atom is 0.416 e. The Bertz CT molecular complexity index is 1180. The second-order valence-electron chi connectivity index (χ2n) is 9.02. The van der Waals surface area contributed by atoms with E-state index >= 15 is 0 Å². The molecule has 2 aliphatic rings. The van der Waals surface area contributed by atoms with E-state index in [0.717, 1.165) is 23.3 Å². The molecule has 9 nitrogen and oxygen atoms in total. The first-order valence-corrected chi connectivity index (χ1v) is 11.9. The summed E-state index contributed by atoms with van der Waals surface area (Å²) in [5.41, 5.74) is 2.63. The number of hydrogen-bond acceptors (Lipinski definition) is 6. The molecule has 0 aliphatic carbocycles. The van der Waals surface area contributed by atoms with Crippen LogP contribution in [-0.4, -0.2) is 58.5 Å². The summed E-state index contributed by atoms with van der Waals surface area (Å²) in [4.78, 5) is 40.3. The standard InChI is InChI=1S/C27H30N2O7/c1-3-11-35-27(34)29-22-15-23(36-16-19-8-6-7-18(13-19)14-24(30)31)17(2)12-20(22)25(32)28-10-5-4-9-21(28)26(29)33/h3,6-8,12-13,15,21,26,33H,1,4-5,9-11,14,16H2,2H3,(H,30,31)/t21-,26?/m0/s1. The lowest BCUT2D eigenvalue weighted by Crippen LogP contribution is -2.55. The van der Waals surface area contributed by atoms with Crippen LogP contribution in [0, 0.1) is 6.92 Å². The summed E-state index contributed by atoms with van der Waals surface area (Å²) >= 11 is 0. The number of carboxylic acid groups (broad SMARTS) is 1. The van der Waals surface area contributed by atoms with Crippen LogP contribution in [0.4, 0.5) is 10.5 Å². The topological polar surface area (TPSA) is 117 Å². The Morgan fingerprint density at radius 1 is 1.19 bits per heavy atom. The van der Waals surface area contributed by atoms with Crippen molar-refractivity contribution in [3.8, 4) is 5.75 Å². The smallest absolute Gasteiger partial charge is 0.416 e. The highest BCUT2D eigenvalue weighted by Gasteiger charge is 2.43. The van der Waals surface area contributed by atoms with Crippen LogP contribution in [-0.2, 0) is 22.6 Å². The van der Waals surface area contributed by atoms with Gasteiger partial charge in [0.1, 0.15) is 19.0 Å². The molecule has 1 saturated heterocycles. The minimum atomic E-state index is -1.28. The molecule has 0 spiro atoms. The minimum Gasteiger partial charge on any atom is -0.489 e. The summed E-state index contributed by atoms with van der Waals surface area (Å²) < 4.78 is 11.3. The predicted molar refractivity (Wildman–Crippen MR) is 132 cm³/mol. The SMILES string of the molecule is C=CCOC(=O)N1c2cc(OCc3cccc(CC(=O)O)c3)c(C)cc2C(=O)N2CCCC[C@H]2C1O. The van der Waals surface area contributed by atoms with E-state index in [4.69, 9.17) is 14.6 Å². The Kier molecular flexibility index (Phi) is 7.59. The third-order valence-corrected chi connectivity index (χ3v) is 6.46. The molecule has 0 saturated carbocycles. The number of aliphatic hydroxyl groups excluding tert-OH is 1. The summed E-state index contributed by atoms with van der Waals surface area (Å²) in [6.45, 7) is 5.98. The molecule has 2 aliphatic heterocycles. The first kappa shape index (κ1) is 25.2. The molecule has 190 valence electrons. The zero-order chi connectivity index (χ0) is 25.8. The molecule has 0 aromatic heterocycles. The Labute approximate surface area is 209 Å². The van der Waals surface area contributed by atoms with Crippen LogP contribution in [0.25, 0.3) is 0 Å². The van der Waals surface area contributed by atoms with Gasteiger partial charge in [-0.2, -0.15) is 0 Å². The van der Waals surface area contributed by atoms with Gasteiger partial charge in [-0.15, -0.1) is 0 Å². The summed E-state index contributed by atoms with van der Waals surface area (Å²) in [5.74, 6) is -0.736. The van der Waals surface area contributed by atoms with Crippen LogP contribution in [0.1, 0.15) is 46.3 Å². The summed E-state index contributed by atoms with van der Waals surface area (Å²) in [6, 6.07) is 9.80. The van der Waals surface area contributed by atoms with E-state index in [9.17, 15) is 19.5 Å². The third kappa shape index (κ3) is 5.21. The third-order valence-electron chi connectivity index (χ3n) is 6.46. The second kappa shape index (κ2) is 10.8. The van der Waals surface area contributed by atoms with Crippen molar-refractivity contribution in [1.82, 2.24) is 4.90 Å². The fraction of sp³-hybridized carbons (Fsp3) is 0.370. The first-order valence-electron chi connectivity index (χ1n) is 11.9. The normalized spacial score (nSPS) is 19.1. The van der Waals surface area contributed by atoms with E-state index in [1.165, 1.54) is 6.08 Å². The number of aliphatic carboxylic acids is 1. The number of amides is 2. The van der Waals surface area contributed by atoms with Crippen molar-refractivity contribution in [2.75, 3.05) is 18.1 Å². The van der Waals surface area contributed by atoms with E-state index in [0.29, 0.717) is 35.4 Å². The summed E-state index contributed by atoms with van der Waals surface area (Å²) in [5, 5.41) is 20.3. The van der Waals surface area contributed by atoms with Crippen LogP contribution < -0.4 is 9.64 Å². The van der Waals surface area contributed by atoms with Crippen molar-refractivity contribution < 1.29 is 34.1 Å². The highest BCUT2D eigenvalue weighted by Crippen LogP contribution is 2.38. The number of rotatable bonds is 7. The Morgan fingerprint density at radius 2 is 1.97 bits per heavy atom. The molecule has 2 aromatic carbocycles. The fourth-order valence-electron chi connectivity index (χ4n) is 4.76. The molecular weight excluding hydrogens is 464 g/mol. The number of benzene rings is 2. The van der Waals surface area contributed by atoms with Crippen LogP contribution in [0.2, 0.25) is 0 Å². The summed E-state index contributed by atoms with van der Waals surface area (Å²) in [6.07, 6.45) is 1.52. The van der Waals surface area contributed by atoms with Gasteiger partial charge in [0.15, 0.2) is 6.23 Å². The maximum atomic E-state index is 13.5. The molecule has 1 unspecified atom stereocenters. The largest absolute Gasteiger partial charge is 0.489 e.